The van der Waals surface area contributed by atoms with E-state index in [9.17, 15) is 15.0 Å². The van der Waals surface area contributed by atoms with Gasteiger partial charge in [-0.05, 0) is 64.3 Å². The van der Waals surface area contributed by atoms with Crippen molar-refractivity contribution >= 4 is 11.0 Å². The highest BCUT2D eigenvalue weighted by atomic mass is 16.5. The Bertz CT molecular complexity index is 1210. The average molecular weight is 421 g/mol. The summed E-state index contributed by atoms with van der Waals surface area (Å²) < 4.78 is 11.2. The smallest absolute Gasteiger partial charge is 0.200 e. The SMILES string of the molecule is COc1ccc(-c2oc3cccc(O)c3c(=O)c2C/C=C(\C)CCC=C(C)C)c(O)c1. The van der Waals surface area contributed by atoms with Crippen molar-refractivity contribution in [1.82, 2.24) is 0 Å². The summed E-state index contributed by atoms with van der Waals surface area (Å²) in [4.78, 5) is 13.3. The van der Waals surface area contributed by atoms with Crippen LogP contribution in [0.15, 0.2) is 68.9 Å². The number of aromatic hydroxyl groups is 2. The molecular formula is C26H28O5. The van der Waals surface area contributed by atoms with Crippen LogP contribution in [-0.2, 0) is 6.42 Å². The minimum absolute atomic E-state index is 0.0486. The van der Waals surface area contributed by atoms with Gasteiger partial charge in [-0.1, -0.05) is 29.4 Å². The molecule has 2 aromatic carbocycles. The van der Waals surface area contributed by atoms with Crippen molar-refractivity contribution in [2.45, 2.75) is 40.0 Å². The average Bonchev–Trinajstić information content (AvgIpc) is 2.72. The Labute approximate surface area is 181 Å². The molecule has 0 bridgehead atoms. The molecule has 0 fully saturated rings. The normalized spacial score (nSPS) is 11.5. The Kier molecular flexibility index (Phi) is 6.85. The van der Waals surface area contributed by atoms with Gasteiger partial charge in [-0.25, -0.2) is 0 Å². The molecule has 0 aliphatic carbocycles. The fourth-order valence-electron chi connectivity index (χ4n) is 3.46. The summed E-state index contributed by atoms with van der Waals surface area (Å²) in [6.07, 6.45) is 6.33. The van der Waals surface area contributed by atoms with Crippen LogP contribution in [-0.4, -0.2) is 17.3 Å². The van der Waals surface area contributed by atoms with Gasteiger partial charge in [0.05, 0.1) is 12.7 Å². The van der Waals surface area contributed by atoms with Crippen LogP contribution in [0.4, 0.5) is 0 Å². The molecule has 0 spiro atoms. The zero-order valence-corrected chi connectivity index (χ0v) is 18.4. The second-order valence-electron chi connectivity index (χ2n) is 7.85. The molecule has 0 saturated carbocycles. The lowest BCUT2D eigenvalue weighted by Crippen LogP contribution is -2.11. The Balaban J connectivity index is 2.13. The molecule has 0 atom stereocenters. The molecule has 0 unspecified atom stereocenters. The minimum Gasteiger partial charge on any atom is -0.507 e. The van der Waals surface area contributed by atoms with Crippen molar-refractivity contribution in [2.24, 2.45) is 0 Å². The second-order valence-corrected chi connectivity index (χ2v) is 7.85. The van der Waals surface area contributed by atoms with Gasteiger partial charge in [0.2, 0.25) is 5.43 Å². The molecule has 5 nitrogen and oxygen atoms in total. The molecule has 2 N–H and O–H groups in total. The van der Waals surface area contributed by atoms with E-state index in [1.54, 1.807) is 24.3 Å². The number of hydrogen-bond acceptors (Lipinski definition) is 5. The molecule has 3 aromatic rings. The summed E-state index contributed by atoms with van der Waals surface area (Å²) in [5.74, 6) is 0.616. The minimum atomic E-state index is -0.307. The maximum absolute atomic E-state index is 13.3. The lowest BCUT2D eigenvalue weighted by molar-refractivity contribution is 0.407. The van der Waals surface area contributed by atoms with Crippen LogP contribution >= 0.6 is 0 Å². The number of benzene rings is 2. The van der Waals surface area contributed by atoms with Gasteiger partial charge in [0.1, 0.15) is 34.0 Å². The van der Waals surface area contributed by atoms with Crippen LogP contribution in [0.2, 0.25) is 0 Å². The van der Waals surface area contributed by atoms with E-state index in [1.807, 2.05) is 13.0 Å². The first kappa shape index (κ1) is 22.2. The number of fused-ring (bicyclic) bond motifs is 1. The highest BCUT2D eigenvalue weighted by Crippen LogP contribution is 2.36. The number of methoxy groups -OCH3 is 1. The molecular weight excluding hydrogens is 392 g/mol. The molecule has 0 aliphatic rings. The van der Waals surface area contributed by atoms with Crippen molar-refractivity contribution in [1.29, 1.82) is 0 Å². The largest absolute Gasteiger partial charge is 0.507 e. The number of allylic oxidation sites excluding steroid dienone is 4. The summed E-state index contributed by atoms with van der Waals surface area (Å²) in [5.41, 5.74) is 3.17. The van der Waals surface area contributed by atoms with Gasteiger partial charge in [0.25, 0.3) is 0 Å². The summed E-state index contributed by atoms with van der Waals surface area (Å²) >= 11 is 0. The first-order valence-corrected chi connectivity index (χ1v) is 10.3. The Morgan fingerprint density at radius 1 is 1.06 bits per heavy atom. The van der Waals surface area contributed by atoms with Crippen molar-refractivity contribution in [3.8, 4) is 28.6 Å². The maximum atomic E-state index is 13.3. The van der Waals surface area contributed by atoms with Crippen molar-refractivity contribution < 1.29 is 19.4 Å². The van der Waals surface area contributed by atoms with Crippen LogP contribution in [0, 0.1) is 0 Å². The Morgan fingerprint density at radius 3 is 2.52 bits per heavy atom. The molecule has 1 heterocycles. The van der Waals surface area contributed by atoms with Gasteiger partial charge in [0, 0.05) is 11.6 Å². The lowest BCUT2D eigenvalue weighted by atomic mass is 9.99. The molecule has 0 radical (unpaired) electrons. The molecule has 0 aliphatic heterocycles. The third-order valence-corrected chi connectivity index (χ3v) is 5.19. The predicted molar refractivity (Wildman–Crippen MR) is 124 cm³/mol. The van der Waals surface area contributed by atoms with Crippen molar-refractivity contribution in [3.05, 3.63) is 75.5 Å². The molecule has 3 rings (SSSR count). The van der Waals surface area contributed by atoms with Crippen molar-refractivity contribution in [2.75, 3.05) is 7.11 Å². The van der Waals surface area contributed by atoms with Gasteiger partial charge < -0.3 is 19.4 Å². The van der Waals surface area contributed by atoms with Crippen LogP contribution in [0.5, 0.6) is 17.2 Å². The number of phenolic OH excluding ortho intramolecular Hbond substituents is 2. The van der Waals surface area contributed by atoms with E-state index >= 15 is 0 Å². The second kappa shape index (κ2) is 9.56. The third-order valence-electron chi connectivity index (χ3n) is 5.19. The van der Waals surface area contributed by atoms with E-state index in [-0.39, 0.29) is 33.7 Å². The monoisotopic (exact) mass is 420 g/mol. The maximum Gasteiger partial charge on any atom is 0.200 e. The molecule has 5 heteroatoms. The molecule has 0 saturated heterocycles. The van der Waals surface area contributed by atoms with Crippen LogP contribution in [0.25, 0.3) is 22.3 Å². The number of rotatable bonds is 7. The van der Waals surface area contributed by atoms with Gasteiger partial charge >= 0.3 is 0 Å². The van der Waals surface area contributed by atoms with Crippen LogP contribution in [0.3, 0.4) is 0 Å². The van der Waals surface area contributed by atoms with Crippen molar-refractivity contribution in [3.63, 3.8) is 0 Å². The van der Waals surface area contributed by atoms with E-state index in [0.717, 1.165) is 18.4 Å². The number of ether oxygens (including phenoxy) is 1. The van der Waals surface area contributed by atoms with E-state index in [1.165, 1.54) is 24.8 Å². The Morgan fingerprint density at radius 2 is 1.84 bits per heavy atom. The third kappa shape index (κ3) is 5.00. The predicted octanol–water partition coefficient (Wildman–Crippen LogP) is 6.12. The summed E-state index contributed by atoms with van der Waals surface area (Å²) in [6, 6.07) is 9.55. The molecule has 1 aromatic heterocycles. The van der Waals surface area contributed by atoms with Gasteiger partial charge in [-0.2, -0.15) is 0 Å². The van der Waals surface area contributed by atoms with Gasteiger partial charge in [0.15, 0.2) is 0 Å². The first-order valence-electron chi connectivity index (χ1n) is 10.3. The molecule has 31 heavy (non-hydrogen) atoms. The summed E-state index contributed by atoms with van der Waals surface area (Å²) in [7, 11) is 1.52. The quantitative estimate of drug-likeness (QED) is 0.451. The molecule has 162 valence electrons. The summed E-state index contributed by atoms with van der Waals surface area (Å²) in [6.45, 7) is 6.17. The standard InChI is InChI=1S/C26H28O5/c1-16(2)7-5-8-17(3)11-13-20-25(29)24-21(27)9-6-10-23(24)31-26(20)19-14-12-18(30-4)15-22(19)28/h6-7,9-12,14-15,27-28H,5,8,13H2,1-4H3/b17-11+. The molecule has 0 amide bonds. The van der Waals surface area contributed by atoms with E-state index in [2.05, 4.69) is 19.9 Å². The number of hydrogen-bond donors (Lipinski definition) is 2. The fraction of sp³-hybridized carbons (Fsp3) is 0.269. The van der Waals surface area contributed by atoms with Crippen LogP contribution < -0.4 is 10.2 Å². The van der Waals surface area contributed by atoms with E-state index < -0.39 is 0 Å². The topological polar surface area (TPSA) is 79.9 Å². The van der Waals surface area contributed by atoms with Gasteiger partial charge in [-0.15, -0.1) is 0 Å². The van der Waals surface area contributed by atoms with Crippen LogP contribution in [0.1, 0.15) is 39.2 Å². The zero-order valence-electron chi connectivity index (χ0n) is 18.4. The lowest BCUT2D eigenvalue weighted by Gasteiger charge is -2.12. The summed E-state index contributed by atoms with van der Waals surface area (Å²) in [5, 5.41) is 21.0. The number of phenols is 2. The van der Waals surface area contributed by atoms with Gasteiger partial charge in [-0.3, -0.25) is 4.79 Å². The highest BCUT2D eigenvalue weighted by molar-refractivity contribution is 5.86. The van der Waals surface area contributed by atoms with E-state index in [4.69, 9.17) is 9.15 Å². The fourth-order valence-corrected chi connectivity index (χ4v) is 3.46. The highest BCUT2D eigenvalue weighted by Gasteiger charge is 2.20. The first-order chi connectivity index (χ1) is 14.8. The Hall–Kier alpha value is -3.47. The van der Waals surface area contributed by atoms with E-state index in [0.29, 0.717) is 23.3 Å². The zero-order chi connectivity index (χ0) is 22.5.